The standard InChI is InChI=1S/C14H12ClN3O2/c15-13-10-4-2-1-3-9(10)7-11(17-13)14(20)18-6-5-16-12(19)8-18/h1-4,7H,5-6,8H2,(H,16,19). The third-order valence-corrected chi connectivity index (χ3v) is 3.53. The molecule has 0 aliphatic carbocycles. The monoisotopic (exact) mass is 289 g/mol. The van der Waals surface area contributed by atoms with Gasteiger partial charge < -0.3 is 10.2 Å². The van der Waals surface area contributed by atoms with Crippen LogP contribution < -0.4 is 5.32 Å². The van der Waals surface area contributed by atoms with Crippen LogP contribution in [0, 0.1) is 0 Å². The van der Waals surface area contributed by atoms with E-state index in [0.29, 0.717) is 18.2 Å². The summed E-state index contributed by atoms with van der Waals surface area (Å²) in [6.07, 6.45) is 0. The summed E-state index contributed by atoms with van der Waals surface area (Å²) >= 11 is 6.11. The minimum absolute atomic E-state index is 0.0605. The normalized spacial score (nSPS) is 15.2. The van der Waals surface area contributed by atoms with Crippen LogP contribution in [0.4, 0.5) is 0 Å². The lowest BCUT2D eigenvalue weighted by Gasteiger charge is -2.26. The summed E-state index contributed by atoms with van der Waals surface area (Å²) in [7, 11) is 0. The predicted octanol–water partition coefficient (Wildman–Crippen LogP) is 1.46. The Balaban J connectivity index is 1.97. The zero-order valence-corrected chi connectivity index (χ0v) is 11.4. The first kappa shape index (κ1) is 12.9. The van der Waals surface area contributed by atoms with Gasteiger partial charge in [0.05, 0.1) is 6.54 Å². The number of piperazine rings is 1. The van der Waals surface area contributed by atoms with E-state index in [1.54, 1.807) is 6.07 Å². The van der Waals surface area contributed by atoms with Gasteiger partial charge in [0.25, 0.3) is 5.91 Å². The molecule has 1 aliphatic rings. The first-order valence-electron chi connectivity index (χ1n) is 6.26. The van der Waals surface area contributed by atoms with Crippen LogP contribution in [0.3, 0.4) is 0 Å². The molecule has 2 aromatic rings. The fourth-order valence-corrected chi connectivity index (χ4v) is 2.50. The minimum atomic E-state index is -0.271. The van der Waals surface area contributed by atoms with Gasteiger partial charge in [0.1, 0.15) is 10.8 Å². The zero-order chi connectivity index (χ0) is 14.1. The number of fused-ring (bicyclic) bond motifs is 1. The number of nitrogens with zero attached hydrogens (tertiary/aromatic N) is 2. The highest BCUT2D eigenvalue weighted by molar-refractivity contribution is 6.34. The highest BCUT2D eigenvalue weighted by atomic mass is 35.5. The summed E-state index contributed by atoms with van der Waals surface area (Å²) in [5.41, 5.74) is 0.267. The van der Waals surface area contributed by atoms with Gasteiger partial charge in [0.15, 0.2) is 0 Å². The first-order valence-corrected chi connectivity index (χ1v) is 6.64. The van der Waals surface area contributed by atoms with E-state index in [4.69, 9.17) is 11.6 Å². The van der Waals surface area contributed by atoms with Crippen LogP contribution in [-0.2, 0) is 4.79 Å². The predicted molar refractivity (Wildman–Crippen MR) is 75.7 cm³/mol. The second kappa shape index (κ2) is 5.09. The Morgan fingerprint density at radius 1 is 1.35 bits per heavy atom. The summed E-state index contributed by atoms with van der Waals surface area (Å²) in [5.74, 6) is -0.427. The van der Waals surface area contributed by atoms with Crippen molar-refractivity contribution in [1.29, 1.82) is 0 Å². The lowest BCUT2D eigenvalue weighted by molar-refractivity contribution is -0.123. The molecule has 1 fully saturated rings. The number of carbonyl (C=O) groups excluding carboxylic acids is 2. The molecule has 0 saturated carbocycles. The van der Waals surface area contributed by atoms with Gasteiger partial charge in [-0.1, -0.05) is 35.9 Å². The SMILES string of the molecule is O=C1CN(C(=O)c2cc3ccccc3c(Cl)n2)CCN1. The molecule has 0 atom stereocenters. The molecular formula is C14H12ClN3O2. The molecule has 1 N–H and O–H groups in total. The van der Waals surface area contributed by atoms with Crippen LogP contribution in [0.1, 0.15) is 10.5 Å². The maximum absolute atomic E-state index is 12.4. The molecule has 0 radical (unpaired) electrons. The van der Waals surface area contributed by atoms with Crippen molar-refractivity contribution in [3.8, 4) is 0 Å². The minimum Gasteiger partial charge on any atom is -0.353 e. The topological polar surface area (TPSA) is 62.3 Å². The highest BCUT2D eigenvalue weighted by Crippen LogP contribution is 2.22. The molecule has 1 aliphatic heterocycles. The Kier molecular flexibility index (Phi) is 3.28. The summed E-state index contributed by atoms with van der Waals surface area (Å²) < 4.78 is 0. The van der Waals surface area contributed by atoms with Gasteiger partial charge in [0, 0.05) is 18.5 Å². The fourth-order valence-electron chi connectivity index (χ4n) is 2.24. The molecule has 20 heavy (non-hydrogen) atoms. The number of hydrogen-bond acceptors (Lipinski definition) is 3. The lowest BCUT2D eigenvalue weighted by Crippen LogP contribution is -2.50. The van der Waals surface area contributed by atoms with E-state index >= 15 is 0 Å². The van der Waals surface area contributed by atoms with Crippen molar-refractivity contribution in [3.63, 3.8) is 0 Å². The molecule has 6 heteroatoms. The van der Waals surface area contributed by atoms with E-state index in [-0.39, 0.29) is 24.1 Å². The largest absolute Gasteiger partial charge is 0.353 e. The van der Waals surface area contributed by atoms with Crippen LogP contribution in [0.5, 0.6) is 0 Å². The van der Waals surface area contributed by atoms with E-state index < -0.39 is 0 Å². The quantitative estimate of drug-likeness (QED) is 0.809. The van der Waals surface area contributed by atoms with Crippen molar-refractivity contribution in [2.75, 3.05) is 19.6 Å². The molecule has 2 amide bonds. The third kappa shape index (κ3) is 2.32. The number of hydrogen-bond donors (Lipinski definition) is 1. The highest BCUT2D eigenvalue weighted by Gasteiger charge is 2.23. The van der Waals surface area contributed by atoms with Crippen LogP contribution in [0.2, 0.25) is 5.15 Å². The number of carbonyl (C=O) groups is 2. The van der Waals surface area contributed by atoms with E-state index in [0.717, 1.165) is 10.8 Å². The molecule has 0 spiro atoms. The van der Waals surface area contributed by atoms with Crippen LogP contribution in [0.15, 0.2) is 30.3 Å². The summed E-state index contributed by atoms with van der Waals surface area (Å²) in [6, 6.07) is 9.18. The smallest absolute Gasteiger partial charge is 0.273 e. The van der Waals surface area contributed by atoms with Gasteiger partial charge in [0.2, 0.25) is 5.91 Å². The second-order valence-electron chi connectivity index (χ2n) is 4.60. The van der Waals surface area contributed by atoms with Crippen LogP contribution in [-0.4, -0.2) is 41.3 Å². The van der Waals surface area contributed by atoms with Crippen molar-refractivity contribution in [2.45, 2.75) is 0 Å². The summed E-state index contributed by atoms with van der Waals surface area (Å²) in [6.45, 7) is 1.01. The molecule has 2 heterocycles. The summed E-state index contributed by atoms with van der Waals surface area (Å²) in [4.78, 5) is 29.3. The van der Waals surface area contributed by atoms with Gasteiger partial charge in [-0.15, -0.1) is 0 Å². The second-order valence-corrected chi connectivity index (χ2v) is 4.95. The molecular weight excluding hydrogens is 278 g/mol. The number of aromatic nitrogens is 1. The van der Waals surface area contributed by atoms with Gasteiger partial charge in [-0.05, 0) is 11.5 Å². The van der Waals surface area contributed by atoms with Gasteiger partial charge in [-0.2, -0.15) is 0 Å². The number of benzene rings is 1. The number of amides is 2. The molecule has 1 aromatic heterocycles. The molecule has 102 valence electrons. The molecule has 3 rings (SSSR count). The van der Waals surface area contributed by atoms with Crippen LogP contribution >= 0.6 is 11.6 Å². The Morgan fingerprint density at radius 2 is 2.15 bits per heavy atom. The maximum atomic E-state index is 12.4. The van der Waals surface area contributed by atoms with Crippen molar-refractivity contribution in [1.82, 2.24) is 15.2 Å². The molecule has 1 saturated heterocycles. The van der Waals surface area contributed by atoms with Crippen molar-refractivity contribution in [3.05, 3.63) is 41.2 Å². The van der Waals surface area contributed by atoms with Crippen LogP contribution in [0.25, 0.3) is 10.8 Å². The summed E-state index contributed by atoms with van der Waals surface area (Å²) in [5, 5.41) is 4.65. The Bertz CT molecular complexity index is 702. The van der Waals surface area contributed by atoms with E-state index in [1.807, 2.05) is 24.3 Å². The third-order valence-electron chi connectivity index (χ3n) is 3.24. The van der Waals surface area contributed by atoms with Crippen molar-refractivity contribution < 1.29 is 9.59 Å². The van der Waals surface area contributed by atoms with Gasteiger partial charge in [-0.25, -0.2) is 4.98 Å². The number of rotatable bonds is 1. The lowest BCUT2D eigenvalue weighted by atomic mass is 10.1. The van der Waals surface area contributed by atoms with Crippen molar-refractivity contribution >= 4 is 34.2 Å². The van der Waals surface area contributed by atoms with E-state index in [9.17, 15) is 9.59 Å². The van der Waals surface area contributed by atoms with E-state index in [2.05, 4.69) is 10.3 Å². The Morgan fingerprint density at radius 3 is 2.95 bits per heavy atom. The van der Waals surface area contributed by atoms with E-state index in [1.165, 1.54) is 4.90 Å². The number of nitrogens with one attached hydrogen (secondary N) is 1. The Labute approximate surface area is 120 Å². The average molecular weight is 290 g/mol. The molecule has 5 nitrogen and oxygen atoms in total. The van der Waals surface area contributed by atoms with Crippen molar-refractivity contribution in [2.24, 2.45) is 0 Å². The molecule has 1 aromatic carbocycles. The average Bonchev–Trinajstić information content (AvgIpc) is 2.46. The Hall–Kier alpha value is -2.14. The van der Waals surface area contributed by atoms with Gasteiger partial charge >= 0.3 is 0 Å². The number of halogens is 1. The number of pyridine rings is 1. The molecule has 0 unspecified atom stereocenters. The fraction of sp³-hybridized carbons (Fsp3) is 0.214. The maximum Gasteiger partial charge on any atom is 0.273 e. The first-order chi connectivity index (χ1) is 9.65. The zero-order valence-electron chi connectivity index (χ0n) is 10.6. The molecule has 0 bridgehead atoms. The van der Waals surface area contributed by atoms with Gasteiger partial charge in [-0.3, -0.25) is 9.59 Å².